The van der Waals surface area contributed by atoms with Gasteiger partial charge in [-0.3, -0.25) is 4.79 Å². The predicted octanol–water partition coefficient (Wildman–Crippen LogP) is 2.41. The van der Waals surface area contributed by atoms with Gasteiger partial charge in [0.2, 0.25) is 5.91 Å². The average Bonchev–Trinajstić information content (AvgIpc) is 3.18. The van der Waals surface area contributed by atoms with E-state index in [0.29, 0.717) is 6.54 Å². The van der Waals surface area contributed by atoms with Crippen LogP contribution in [0.15, 0.2) is 48.5 Å². The fraction of sp³-hybridized carbons (Fsp3) is 0.348. The van der Waals surface area contributed by atoms with Gasteiger partial charge >= 0.3 is 0 Å². The van der Waals surface area contributed by atoms with Gasteiger partial charge in [-0.2, -0.15) is 0 Å². The van der Waals surface area contributed by atoms with Gasteiger partial charge in [0, 0.05) is 36.4 Å². The molecule has 28 heavy (non-hydrogen) atoms. The summed E-state index contributed by atoms with van der Waals surface area (Å²) in [6.07, 6.45) is 0.859. The molecule has 2 aliphatic heterocycles. The summed E-state index contributed by atoms with van der Waals surface area (Å²) in [6.45, 7) is 0.792. The van der Waals surface area contributed by atoms with Crippen molar-refractivity contribution in [3.63, 3.8) is 0 Å². The number of rotatable bonds is 3. The Balaban J connectivity index is 1.70. The minimum Gasteiger partial charge on any atom is -0.394 e. The number of anilines is 1. The number of ether oxygens (including phenoxy) is 1. The van der Waals surface area contributed by atoms with Gasteiger partial charge in [-0.05, 0) is 42.3 Å². The number of fused-ring (bicyclic) bond motifs is 3. The highest BCUT2D eigenvalue weighted by atomic mass is 16.5. The van der Waals surface area contributed by atoms with E-state index in [1.165, 1.54) is 7.11 Å². The van der Waals surface area contributed by atoms with Gasteiger partial charge in [-0.25, -0.2) is 0 Å². The van der Waals surface area contributed by atoms with E-state index in [1.807, 2.05) is 47.4 Å². The lowest BCUT2D eigenvalue weighted by atomic mass is 9.82. The molecule has 0 bridgehead atoms. The van der Waals surface area contributed by atoms with Gasteiger partial charge in [0.15, 0.2) is 0 Å². The molecule has 4 rings (SSSR count). The number of nitrogens with one attached hydrogen (secondary N) is 1. The number of nitrogens with zero attached hydrogens (tertiary/aromatic N) is 1. The van der Waals surface area contributed by atoms with Crippen LogP contribution in [0.1, 0.15) is 29.2 Å². The van der Waals surface area contributed by atoms with Crippen molar-refractivity contribution in [2.24, 2.45) is 5.92 Å². The van der Waals surface area contributed by atoms with E-state index in [2.05, 4.69) is 23.2 Å². The zero-order chi connectivity index (χ0) is 19.5. The highest BCUT2D eigenvalue weighted by Crippen LogP contribution is 2.46. The summed E-state index contributed by atoms with van der Waals surface area (Å²) in [5, 5.41) is 13.3. The number of carbonyl (C=O) groups is 1. The van der Waals surface area contributed by atoms with Gasteiger partial charge in [0.05, 0.1) is 18.7 Å². The van der Waals surface area contributed by atoms with Gasteiger partial charge in [0.25, 0.3) is 0 Å². The molecule has 3 atom stereocenters. The fourth-order valence-electron chi connectivity index (χ4n) is 4.29. The molecular weight excluding hydrogens is 352 g/mol. The van der Waals surface area contributed by atoms with E-state index in [9.17, 15) is 9.90 Å². The molecule has 0 aliphatic carbocycles. The van der Waals surface area contributed by atoms with Crippen LogP contribution < -0.4 is 5.32 Å². The Morgan fingerprint density at radius 3 is 2.75 bits per heavy atom. The zero-order valence-electron chi connectivity index (χ0n) is 15.9. The first-order chi connectivity index (χ1) is 13.7. The quantitative estimate of drug-likeness (QED) is 0.808. The lowest BCUT2D eigenvalue weighted by Crippen LogP contribution is -2.43. The van der Waals surface area contributed by atoms with E-state index < -0.39 is 0 Å². The lowest BCUT2D eigenvalue weighted by Gasteiger charge is -2.39. The third kappa shape index (κ3) is 3.49. The summed E-state index contributed by atoms with van der Waals surface area (Å²) in [5.74, 6) is 6.58. The Morgan fingerprint density at radius 1 is 1.21 bits per heavy atom. The van der Waals surface area contributed by atoms with Gasteiger partial charge < -0.3 is 20.1 Å². The first-order valence-electron chi connectivity index (χ1n) is 9.58. The Kier molecular flexibility index (Phi) is 5.34. The number of amides is 1. The molecule has 0 spiro atoms. The molecule has 0 aromatic heterocycles. The van der Waals surface area contributed by atoms with Gasteiger partial charge in [-0.15, -0.1) is 0 Å². The van der Waals surface area contributed by atoms with Crippen LogP contribution in [0, 0.1) is 17.8 Å². The second-order valence-corrected chi connectivity index (χ2v) is 7.27. The van der Waals surface area contributed by atoms with Crippen LogP contribution in [0.5, 0.6) is 0 Å². The Morgan fingerprint density at radius 2 is 2.00 bits per heavy atom. The molecule has 2 N–H and O–H groups in total. The number of hydrogen-bond acceptors (Lipinski definition) is 4. The van der Waals surface area contributed by atoms with Crippen LogP contribution in [-0.2, 0) is 9.53 Å². The molecule has 5 nitrogen and oxygen atoms in total. The summed E-state index contributed by atoms with van der Waals surface area (Å²) in [7, 11) is 1.54. The highest BCUT2D eigenvalue weighted by molar-refractivity contribution is 5.79. The number of carbonyl (C=O) groups excluding carboxylic acids is 1. The molecule has 2 aliphatic rings. The van der Waals surface area contributed by atoms with Crippen molar-refractivity contribution in [3.05, 3.63) is 65.2 Å². The Labute approximate surface area is 165 Å². The molecule has 1 amide bonds. The topological polar surface area (TPSA) is 61.8 Å². The summed E-state index contributed by atoms with van der Waals surface area (Å²) in [5.41, 5.74) is 3.91. The van der Waals surface area contributed by atoms with Crippen molar-refractivity contribution in [2.45, 2.75) is 18.5 Å². The summed E-state index contributed by atoms with van der Waals surface area (Å²) >= 11 is 0. The van der Waals surface area contributed by atoms with Crippen LogP contribution in [0.2, 0.25) is 0 Å². The Hall–Kier alpha value is -2.81. The molecule has 1 saturated heterocycles. The predicted molar refractivity (Wildman–Crippen MR) is 108 cm³/mol. The minimum atomic E-state index is -0.0606. The molecule has 2 aromatic carbocycles. The summed E-state index contributed by atoms with van der Waals surface area (Å²) in [4.78, 5) is 14.5. The first-order valence-corrected chi connectivity index (χ1v) is 9.58. The van der Waals surface area contributed by atoms with Crippen LogP contribution in [-0.4, -0.2) is 48.8 Å². The zero-order valence-corrected chi connectivity index (χ0v) is 15.9. The van der Waals surface area contributed by atoms with Crippen molar-refractivity contribution in [2.75, 3.05) is 32.2 Å². The van der Waals surface area contributed by atoms with E-state index >= 15 is 0 Å². The third-order valence-corrected chi connectivity index (χ3v) is 5.58. The molecule has 144 valence electrons. The molecular formula is C23H24N2O3. The van der Waals surface area contributed by atoms with E-state index in [0.717, 1.165) is 28.8 Å². The van der Waals surface area contributed by atoms with E-state index in [4.69, 9.17) is 4.74 Å². The maximum atomic E-state index is 12.6. The van der Waals surface area contributed by atoms with Crippen LogP contribution in [0.4, 0.5) is 5.69 Å². The molecule has 5 heteroatoms. The lowest BCUT2D eigenvalue weighted by molar-refractivity contribution is -0.136. The van der Waals surface area contributed by atoms with Crippen molar-refractivity contribution in [1.29, 1.82) is 0 Å². The Bertz CT molecular complexity index is 916. The third-order valence-electron chi connectivity index (χ3n) is 5.58. The number of likely N-dealkylation sites (tertiary alicyclic amines) is 1. The molecule has 2 heterocycles. The van der Waals surface area contributed by atoms with Gasteiger partial charge in [-0.1, -0.05) is 30.0 Å². The highest BCUT2D eigenvalue weighted by Gasteiger charge is 2.45. The average molecular weight is 376 g/mol. The second-order valence-electron chi connectivity index (χ2n) is 7.27. The monoisotopic (exact) mass is 376 g/mol. The molecule has 0 radical (unpaired) electrons. The second kappa shape index (κ2) is 8.05. The van der Waals surface area contributed by atoms with Crippen molar-refractivity contribution in [3.8, 4) is 11.8 Å². The maximum Gasteiger partial charge on any atom is 0.249 e. The van der Waals surface area contributed by atoms with E-state index in [1.54, 1.807) is 0 Å². The molecule has 0 unspecified atom stereocenters. The SMILES string of the molecule is COCC(=O)N1CC[C@@H]2[C@@H](CO)Nc3ccc(C#Cc4ccccc4)cc3[C@@H]21. The first kappa shape index (κ1) is 18.5. The molecule has 0 saturated carbocycles. The van der Waals surface area contributed by atoms with Crippen molar-refractivity contribution < 1.29 is 14.6 Å². The number of aliphatic hydroxyl groups excluding tert-OH is 1. The van der Waals surface area contributed by atoms with Crippen molar-refractivity contribution in [1.82, 2.24) is 4.90 Å². The van der Waals surface area contributed by atoms with Crippen LogP contribution in [0.3, 0.4) is 0 Å². The number of methoxy groups -OCH3 is 1. The van der Waals surface area contributed by atoms with Crippen LogP contribution >= 0.6 is 0 Å². The largest absolute Gasteiger partial charge is 0.394 e. The van der Waals surface area contributed by atoms with E-state index in [-0.39, 0.29) is 37.1 Å². The normalized spacial score (nSPS) is 22.5. The fourth-order valence-corrected chi connectivity index (χ4v) is 4.29. The number of hydrogen-bond donors (Lipinski definition) is 2. The van der Waals surface area contributed by atoms with Gasteiger partial charge in [0.1, 0.15) is 6.61 Å². The standard InChI is InChI=1S/C23H24N2O3/c1-28-15-22(27)25-12-11-18-21(14-26)24-20-10-9-17(13-19(20)23(18)25)8-7-16-5-3-2-4-6-16/h2-6,9-10,13,18,21,23-24,26H,11-12,14-15H2,1H3/t18-,21-,23-/m1/s1. The van der Waals surface area contributed by atoms with Crippen molar-refractivity contribution >= 4 is 11.6 Å². The smallest absolute Gasteiger partial charge is 0.249 e. The number of aliphatic hydroxyl groups is 1. The van der Waals surface area contributed by atoms with Crippen LogP contribution in [0.25, 0.3) is 0 Å². The molecule has 2 aromatic rings. The molecule has 1 fully saturated rings. The maximum absolute atomic E-state index is 12.6. The number of benzene rings is 2. The minimum absolute atomic E-state index is 0.0136. The summed E-state index contributed by atoms with van der Waals surface area (Å²) in [6, 6.07) is 15.8. The summed E-state index contributed by atoms with van der Waals surface area (Å²) < 4.78 is 5.07.